The van der Waals surface area contributed by atoms with E-state index in [-0.39, 0.29) is 0 Å². The number of hydrogen-bond donors (Lipinski definition) is 1. The maximum absolute atomic E-state index is 10.1. The van der Waals surface area contributed by atoms with Crippen LogP contribution in [0.2, 0.25) is 0 Å². The van der Waals surface area contributed by atoms with Gasteiger partial charge in [0.2, 0.25) is 0 Å². The average Bonchev–Trinajstić information content (AvgIpc) is 2.88. The van der Waals surface area contributed by atoms with Crippen LogP contribution >= 0.6 is 0 Å². The fourth-order valence-corrected chi connectivity index (χ4v) is 4.05. The second-order valence-corrected chi connectivity index (χ2v) is 6.96. The molecule has 1 atom stereocenters. The van der Waals surface area contributed by atoms with Crippen LogP contribution < -0.4 is 0 Å². The lowest BCUT2D eigenvalue weighted by Crippen LogP contribution is -2.36. The fraction of sp³-hybridized carbons (Fsp3) is 0.667. The van der Waals surface area contributed by atoms with Gasteiger partial charge in [-0.1, -0.05) is 24.6 Å². The molecule has 1 aromatic carbocycles. The van der Waals surface area contributed by atoms with Gasteiger partial charge < -0.3 is 10.0 Å². The molecule has 0 spiro atoms. The Morgan fingerprint density at radius 1 is 1.10 bits per heavy atom. The summed E-state index contributed by atoms with van der Waals surface area (Å²) in [6.45, 7) is 7.08. The number of benzene rings is 1. The normalized spacial score (nSPS) is 31.6. The summed E-state index contributed by atoms with van der Waals surface area (Å²) in [4.78, 5) is 2.71. The van der Waals surface area contributed by atoms with Crippen molar-refractivity contribution in [2.24, 2.45) is 5.92 Å². The van der Waals surface area contributed by atoms with Crippen LogP contribution in [-0.2, 0) is 0 Å². The molecule has 2 nitrogen and oxygen atoms in total. The molecule has 1 aromatic rings. The first-order valence-corrected chi connectivity index (χ1v) is 8.17. The average molecular weight is 273 g/mol. The van der Waals surface area contributed by atoms with Gasteiger partial charge in [0.15, 0.2) is 0 Å². The Morgan fingerprint density at radius 3 is 2.50 bits per heavy atom. The Morgan fingerprint density at radius 2 is 1.85 bits per heavy atom. The van der Waals surface area contributed by atoms with E-state index in [1.54, 1.807) is 0 Å². The van der Waals surface area contributed by atoms with Crippen molar-refractivity contribution in [3.8, 4) is 5.75 Å². The summed E-state index contributed by atoms with van der Waals surface area (Å²) < 4.78 is 0. The first-order chi connectivity index (χ1) is 9.63. The van der Waals surface area contributed by atoms with Gasteiger partial charge in [0.25, 0.3) is 0 Å². The van der Waals surface area contributed by atoms with E-state index in [4.69, 9.17) is 0 Å². The van der Waals surface area contributed by atoms with Crippen LogP contribution in [0.4, 0.5) is 0 Å². The molecule has 2 heteroatoms. The lowest BCUT2D eigenvalue weighted by atomic mass is 9.80. The van der Waals surface area contributed by atoms with Crippen molar-refractivity contribution in [1.29, 1.82) is 0 Å². The largest absolute Gasteiger partial charge is 0.508 e. The second-order valence-electron chi connectivity index (χ2n) is 6.96. The molecule has 1 saturated heterocycles. The van der Waals surface area contributed by atoms with Crippen LogP contribution in [0.15, 0.2) is 18.2 Å². The highest BCUT2D eigenvalue weighted by molar-refractivity contribution is 5.38. The molecule has 1 aliphatic carbocycles. The van der Waals surface area contributed by atoms with E-state index in [1.807, 2.05) is 12.1 Å². The Kier molecular flexibility index (Phi) is 4.02. The van der Waals surface area contributed by atoms with Gasteiger partial charge in [-0.05, 0) is 69.0 Å². The highest BCUT2D eigenvalue weighted by Crippen LogP contribution is 2.39. The number of hydrogen-bond acceptors (Lipinski definition) is 2. The van der Waals surface area contributed by atoms with Gasteiger partial charge in [-0.3, -0.25) is 0 Å². The molecule has 20 heavy (non-hydrogen) atoms. The van der Waals surface area contributed by atoms with Crippen LogP contribution in [0.25, 0.3) is 0 Å². The second kappa shape index (κ2) is 5.77. The van der Waals surface area contributed by atoms with Gasteiger partial charge in [0.1, 0.15) is 5.75 Å². The third-order valence-corrected chi connectivity index (χ3v) is 5.29. The number of likely N-dealkylation sites (tertiary alicyclic amines) is 1. The first kappa shape index (κ1) is 13.9. The smallest absolute Gasteiger partial charge is 0.119 e. The van der Waals surface area contributed by atoms with E-state index >= 15 is 0 Å². The maximum Gasteiger partial charge on any atom is 0.119 e. The Labute approximate surface area is 122 Å². The summed E-state index contributed by atoms with van der Waals surface area (Å²) in [6.07, 6.45) is 6.42. The quantitative estimate of drug-likeness (QED) is 0.878. The van der Waals surface area contributed by atoms with Gasteiger partial charge in [0, 0.05) is 12.6 Å². The molecule has 2 fully saturated rings. The van der Waals surface area contributed by atoms with E-state index in [0.717, 1.165) is 12.0 Å². The number of phenols is 1. The molecule has 1 N–H and O–H groups in total. The molecule has 2 aliphatic rings. The van der Waals surface area contributed by atoms with Gasteiger partial charge >= 0.3 is 0 Å². The third-order valence-electron chi connectivity index (χ3n) is 5.29. The van der Waals surface area contributed by atoms with Crippen molar-refractivity contribution in [3.05, 3.63) is 29.3 Å². The summed E-state index contributed by atoms with van der Waals surface area (Å²) in [5, 5.41) is 10.1. The Hall–Kier alpha value is -1.02. The van der Waals surface area contributed by atoms with Gasteiger partial charge in [-0.15, -0.1) is 0 Å². The zero-order valence-corrected chi connectivity index (χ0v) is 12.8. The highest BCUT2D eigenvalue weighted by atomic mass is 16.3. The Balaban J connectivity index is 1.62. The fourth-order valence-electron chi connectivity index (χ4n) is 4.05. The zero-order valence-electron chi connectivity index (χ0n) is 12.8. The summed E-state index contributed by atoms with van der Waals surface area (Å²) in [6, 6.07) is 6.83. The van der Waals surface area contributed by atoms with Crippen molar-refractivity contribution in [1.82, 2.24) is 4.90 Å². The molecule has 110 valence electrons. The van der Waals surface area contributed by atoms with E-state index < -0.39 is 0 Å². The summed E-state index contributed by atoms with van der Waals surface area (Å²) in [5.74, 6) is 1.94. The lowest BCUT2D eigenvalue weighted by molar-refractivity contribution is 0.176. The number of aryl methyl sites for hydroxylation is 1. The molecule has 3 rings (SSSR count). The van der Waals surface area contributed by atoms with Crippen LogP contribution in [0.1, 0.15) is 56.1 Å². The van der Waals surface area contributed by atoms with Crippen molar-refractivity contribution in [2.75, 3.05) is 13.1 Å². The molecule has 0 aromatic heterocycles. The monoisotopic (exact) mass is 273 g/mol. The molecular formula is C18H27NO. The minimum Gasteiger partial charge on any atom is -0.508 e. The molecule has 1 heterocycles. The zero-order chi connectivity index (χ0) is 14.1. The highest BCUT2D eigenvalue weighted by Gasteiger charge is 2.30. The first-order valence-electron chi connectivity index (χ1n) is 8.17. The van der Waals surface area contributed by atoms with Gasteiger partial charge in [-0.25, -0.2) is 0 Å². The predicted molar refractivity (Wildman–Crippen MR) is 83.2 cm³/mol. The molecule has 1 unspecified atom stereocenters. The van der Waals surface area contributed by atoms with E-state index in [2.05, 4.69) is 24.8 Å². The van der Waals surface area contributed by atoms with E-state index in [0.29, 0.717) is 11.7 Å². The van der Waals surface area contributed by atoms with Crippen LogP contribution in [0.5, 0.6) is 5.75 Å². The standard InChI is InChI=1S/C18H27NO/c1-13-3-8-18(20)17(11-13)15-4-6-16(7-5-15)19-10-9-14(2)12-19/h3,8,11,14-16,20H,4-7,9-10,12H2,1-2H3. The van der Waals surface area contributed by atoms with Crippen LogP contribution in [-0.4, -0.2) is 29.1 Å². The van der Waals surface area contributed by atoms with Crippen molar-refractivity contribution < 1.29 is 5.11 Å². The maximum atomic E-state index is 10.1. The minimum atomic E-state index is 0.494. The predicted octanol–water partition coefficient (Wildman–Crippen LogP) is 4.07. The number of rotatable bonds is 2. The van der Waals surface area contributed by atoms with Gasteiger partial charge in [0.05, 0.1) is 0 Å². The molecule has 0 bridgehead atoms. The Bertz CT molecular complexity index is 462. The van der Waals surface area contributed by atoms with Gasteiger partial charge in [-0.2, -0.15) is 0 Å². The molecule has 0 amide bonds. The number of phenolic OH excluding ortho intramolecular Hbond substituents is 1. The third kappa shape index (κ3) is 2.85. The number of nitrogens with zero attached hydrogens (tertiary/aromatic N) is 1. The SMILES string of the molecule is Cc1ccc(O)c(C2CCC(N3CCC(C)C3)CC2)c1. The van der Waals surface area contributed by atoms with E-state index in [1.165, 1.54) is 56.3 Å². The number of aromatic hydroxyl groups is 1. The molecule has 1 aliphatic heterocycles. The summed E-state index contributed by atoms with van der Waals surface area (Å²) >= 11 is 0. The topological polar surface area (TPSA) is 23.5 Å². The summed E-state index contributed by atoms with van der Waals surface area (Å²) in [7, 11) is 0. The lowest BCUT2D eigenvalue weighted by Gasteiger charge is -2.35. The molecule has 1 saturated carbocycles. The van der Waals surface area contributed by atoms with Crippen LogP contribution in [0.3, 0.4) is 0 Å². The van der Waals surface area contributed by atoms with Crippen molar-refractivity contribution in [2.45, 2.75) is 57.9 Å². The minimum absolute atomic E-state index is 0.494. The molecule has 0 radical (unpaired) electrons. The summed E-state index contributed by atoms with van der Waals surface area (Å²) in [5.41, 5.74) is 2.44. The van der Waals surface area contributed by atoms with Crippen molar-refractivity contribution in [3.63, 3.8) is 0 Å². The van der Waals surface area contributed by atoms with Crippen molar-refractivity contribution >= 4 is 0 Å². The van der Waals surface area contributed by atoms with Crippen LogP contribution in [0, 0.1) is 12.8 Å². The molecular weight excluding hydrogens is 246 g/mol. The van der Waals surface area contributed by atoms with E-state index in [9.17, 15) is 5.11 Å².